The van der Waals surface area contributed by atoms with Gasteiger partial charge in [-0.25, -0.2) is 8.78 Å². The number of halogens is 2. The smallest absolute Gasteiger partial charge is 0.230 e. The second kappa shape index (κ2) is 5.84. The summed E-state index contributed by atoms with van der Waals surface area (Å²) in [7, 11) is 0. The largest absolute Gasteiger partial charge is 0.367 e. The highest BCUT2D eigenvalue weighted by molar-refractivity contribution is 5.76. The molecule has 2 aromatic rings. The number of anilines is 1. The Balaban J connectivity index is 2.03. The molecule has 0 bridgehead atoms. The highest BCUT2D eigenvalue weighted by Gasteiger charge is 2.26. The number of rotatable bonds is 2. The van der Waals surface area contributed by atoms with Gasteiger partial charge in [0.1, 0.15) is 11.6 Å². The summed E-state index contributed by atoms with van der Waals surface area (Å²) in [5.74, 6) is -0.921. The normalized spacial score (nSPS) is 16.9. The maximum absolute atomic E-state index is 14.1. The van der Waals surface area contributed by atoms with Crippen LogP contribution in [-0.4, -0.2) is 5.16 Å². The molecule has 0 spiro atoms. The lowest BCUT2D eigenvalue weighted by Gasteiger charge is -2.13. The van der Waals surface area contributed by atoms with Gasteiger partial charge >= 0.3 is 0 Å². The van der Waals surface area contributed by atoms with Gasteiger partial charge in [-0.15, -0.1) is 0 Å². The Hall–Kier alpha value is -1.91. The third kappa shape index (κ3) is 2.77. The van der Waals surface area contributed by atoms with Gasteiger partial charge in [0.15, 0.2) is 0 Å². The van der Waals surface area contributed by atoms with E-state index in [1.165, 1.54) is 25.0 Å². The zero-order valence-corrected chi connectivity index (χ0v) is 11.7. The predicted octanol–water partition coefficient (Wildman–Crippen LogP) is 4.64. The first-order valence-corrected chi connectivity index (χ1v) is 7.37. The lowest BCUT2D eigenvalue weighted by molar-refractivity contribution is 0.413. The van der Waals surface area contributed by atoms with Crippen LogP contribution in [0.4, 0.5) is 14.7 Å². The van der Waals surface area contributed by atoms with Crippen LogP contribution in [0.15, 0.2) is 22.7 Å². The first-order valence-electron chi connectivity index (χ1n) is 7.37. The van der Waals surface area contributed by atoms with Gasteiger partial charge in [-0.1, -0.05) is 30.8 Å². The second-order valence-corrected chi connectivity index (χ2v) is 5.62. The molecule has 5 heteroatoms. The monoisotopic (exact) mass is 292 g/mol. The maximum atomic E-state index is 14.1. The maximum Gasteiger partial charge on any atom is 0.230 e. The molecule has 2 N–H and O–H groups in total. The minimum atomic E-state index is -0.639. The van der Waals surface area contributed by atoms with E-state index in [1.807, 2.05) is 0 Å². The van der Waals surface area contributed by atoms with Gasteiger partial charge in [-0.3, -0.25) is 0 Å². The van der Waals surface area contributed by atoms with Crippen LogP contribution in [0.5, 0.6) is 0 Å². The summed E-state index contributed by atoms with van der Waals surface area (Å²) in [5, 5.41) is 4.06. The van der Waals surface area contributed by atoms with E-state index >= 15 is 0 Å². The predicted molar refractivity (Wildman–Crippen MR) is 76.7 cm³/mol. The summed E-state index contributed by atoms with van der Waals surface area (Å²) in [6, 6.07) is 3.48. The molecule has 1 aliphatic carbocycles. The molecule has 0 saturated heterocycles. The van der Waals surface area contributed by atoms with Gasteiger partial charge in [-0.2, -0.15) is 0 Å². The van der Waals surface area contributed by atoms with E-state index in [9.17, 15) is 8.78 Å². The van der Waals surface area contributed by atoms with Crippen LogP contribution in [0, 0.1) is 11.6 Å². The summed E-state index contributed by atoms with van der Waals surface area (Å²) in [6.45, 7) is 0. The van der Waals surface area contributed by atoms with E-state index in [1.54, 1.807) is 0 Å². The van der Waals surface area contributed by atoms with Crippen LogP contribution in [0.3, 0.4) is 0 Å². The lowest BCUT2D eigenvalue weighted by Crippen LogP contribution is -2.01. The fourth-order valence-corrected chi connectivity index (χ4v) is 3.11. The standard InChI is InChI=1S/C16H18F2N2O/c17-11-7-8-12(13(18)9-11)14-15(20-21-16(14)19)10-5-3-1-2-4-6-10/h7-10H,1-6,19H2. The number of benzene rings is 1. The second-order valence-electron chi connectivity index (χ2n) is 5.62. The van der Waals surface area contributed by atoms with Gasteiger partial charge in [0.25, 0.3) is 0 Å². The van der Waals surface area contributed by atoms with E-state index < -0.39 is 11.6 Å². The number of nitrogens with zero attached hydrogens (tertiary/aromatic N) is 1. The third-order valence-corrected chi connectivity index (χ3v) is 4.19. The zero-order valence-electron chi connectivity index (χ0n) is 11.7. The van der Waals surface area contributed by atoms with Gasteiger partial charge in [0, 0.05) is 17.5 Å². The zero-order chi connectivity index (χ0) is 14.8. The van der Waals surface area contributed by atoms with Gasteiger partial charge in [0.05, 0.1) is 11.3 Å². The fraction of sp³-hybridized carbons (Fsp3) is 0.438. The van der Waals surface area contributed by atoms with E-state index in [0.717, 1.165) is 31.7 Å². The van der Waals surface area contributed by atoms with E-state index in [-0.39, 0.29) is 17.4 Å². The number of hydrogen-bond donors (Lipinski definition) is 1. The molecule has 1 aromatic heterocycles. The molecule has 3 nitrogen and oxygen atoms in total. The van der Waals surface area contributed by atoms with Crippen molar-refractivity contribution in [3.8, 4) is 11.1 Å². The van der Waals surface area contributed by atoms with E-state index in [0.29, 0.717) is 11.3 Å². The van der Waals surface area contributed by atoms with Crippen LogP contribution < -0.4 is 5.73 Å². The Bertz CT molecular complexity index is 631. The molecule has 0 amide bonds. The van der Waals surface area contributed by atoms with Crippen molar-refractivity contribution in [3.05, 3.63) is 35.5 Å². The first-order chi connectivity index (χ1) is 10.2. The van der Waals surface area contributed by atoms with Crippen molar-refractivity contribution in [2.24, 2.45) is 0 Å². The quantitative estimate of drug-likeness (QED) is 0.820. The molecule has 3 rings (SSSR count). The summed E-state index contributed by atoms with van der Waals surface area (Å²) in [4.78, 5) is 0. The Morgan fingerprint density at radius 2 is 1.81 bits per heavy atom. The Kier molecular flexibility index (Phi) is 3.90. The molecule has 112 valence electrons. The third-order valence-electron chi connectivity index (χ3n) is 4.19. The van der Waals surface area contributed by atoms with Crippen molar-refractivity contribution in [1.29, 1.82) is 0 Å². The fourth-order valence-electron chi connectivity index (χ4n) is 3.11. The molecule has 1 heterocycles. The number of aromatic nitrogens is 1. The molecule has 21 heavy (non-hydrogen) atoms. The van der Waals surface area contributed by atoms with Crippen LogP contribution in [0.2, 0.25) is 0 Å². The molecule has 1 aromatic carbocycles. The van der Waals surface area contributed by atoms with E-state index in [2.05, 4.69) is 5.16 Å². The van der Waals surface area contributed by atoms with Crippen molar-refractivity contribution in [1.82, 2.24) is 5.16 Å². The van der Waals surface area contributed by atoms with Crippen molar-refractivity contribution >= 4 is 5.88 Å². The Morgan fingerprint density at radius 3 is 2.48 bits per heavy atom. The summed E-state index contributed by atoms with van der Waals surface area (Å²) < 4.78 is 32.2. The van der Waals surface area contributed by atoms with E-state index in [4.69, 9.17) is 10.3 Å². The minimum absolute atomic E-state index is 0.0970. The molecular formula is C16H18F2N2O. The van der Waals surface area contributed by atoms with Crippen molar-refractivity contribution in [3.63, 3.8) is 0 Å². The molecule has 1 fully saturated rings. The Labute approximate surface area is 122 Å². The molecule has 1 aliphatic rings. The molecule has 0 aliphatic heterocycles. The number of hydrogen-bond acceptors (Lipinski definition) is 3. The Morgan fingerprint density at radius 1 is 1.10 bits per heavy atom. The van der Waals surface area contributed by atoms with Crippen molar-refractivity contribution in [2.45, 2.75) is 44.4 Å². The topological polar surface area (TPSA) is 52.0 Å². The first kappa shape index (κ1) is 14.0. The SMILES string of the molecule is Nc1onc(C2CCCCCC2)c1-c1ccc(F)cc1F. The van der Waals surface area contributed by atoms with Gasteiger partial charge in [-0.05, 0) is 25.0 Å². The van der Waals surface area contributed by atoms with Crippen molar-refractivity contribution in [2.75, 3.05) is 5.73 Å². The van der Waals surface area contributed by atoms with Crippen molar-refractivity contribution < 1.29 is 13.3 Å². The molecular weight excluding hydrogens is 274 g/mol. The van der Waals surface area contributed by atoms with Gasteiger partial charge in [0.2, 0.25) is 5.88 Å². The summed E-state index contributed by atoms with van der Waals surface area (Å²) >= 11 is 0. The van der Waals surface area contributed by atoms with Crippen LogP contribution in [-0.2, 0) is 0 Å². The lowest BCUT2D eigenvalue weighted by atomic mass is 9.91. The average Bonchev–Trinajstić information content (AvgIpc) is 2.67. The highest BCUT2D eigenvalue weighted by atomic mass is 19.1. The van der Waals surface area contributed by atoms with Crippen LogP contribution in [0.25, 0.3) is 11.1 Å². The van der Waals surface area contributed by atoms with Crippen LogP contribution in [0.1, 0.15) is 50.1 Å². The molecule has 0 atom stereocenters. The molecule has 1 saturated carbocycles. The summed E-state index contributed by atoms with van der Waals surface area (Å²) in [6.07, 6.45) is 6.68. The van der Waals surface area contributed by atoms with Crippen LogP contribution >= 0.6 is 0 Å². The number of nitrogen functional groups attached to an aromatic ring is 1. The molecule has 0 radical (unpaired) electrons. The molecule has 0 unspecified atom stereocenters. The number of nitrogens with two attached hydrogens (primary N) is 1. The average molecular weight is 292 g/mol. The highest BCUT2D eigenvalue weighted by Crippen LogP contribution is 2.40. The minimum Gasteiger partial charge on any atom is -0.367 e. The summed E-state index contributed by atoms with van der Waals surface area (Å²) in [5.41, 5.74) is 7.29. The van der Waals surface area contributed by atoms with Gasteiger partial charge < -0.3 is 10.3 Å².